The molecule has 0 radical (unpaired) electrons. The van der Waals surface area contributed by atoms with Crippen molar-refractivity contribution in [2.75, 3.05) is 13.2 Å². The predicted octanol–water partition coefficient (Wildman–Crippen LogP) is 1.55. The average molecular weight is 292 g/mol. The molecule has 5 heteroatoms. The largest absolute Gasteiger partial charge is 0.491 e. The van der Waals surface area contributed by atoms with Crippen molar-refractivity contribution < 1.29 is 14.3 Å². The molecular weight excluding hydrogens is 268 g/mol. The van der Waals surface area contributed by atoms with Gasteiger partial charge in [0.15, 0.2) is 0 Å². The second-order valence-corrected chi connectivity index (χ2v) is 5.70. The second kappa shape index (κ2) is 6.91. The molecule has 0 aromatic heterocycles. The molecule has 21 heavy (non-hydrogen) atoms. The number of rotatable bonds is 5. The SMILES string of the molecule is CC(C)Oc1ccc(CN2CCO[C@H](C)[C@H]2C(N)=O)cc1. The number of carbonyl (C=O) groups excluding carboxylic acids is 1. The lowest BCUT2D eigenvalue weighted by Crippen LogP contribution is -2.56. The van der Waals surface area contributed by atoms with Gasteiger partial charge in [-0.15, -0.1) is 0 Å². The van der Waals surface area contributed by atoms with Gasteiger partial charge in [-0.2, -0.15) is 0 Å². The first-order chi connectivity index (χ1) is 9.97. The highest BCUT2D eigenvalue weighted by molar-refractivity contribution is 5.80. The molecule has 2 N–H and O–H groups in total. The molecule has 0 saturated carbocycles. The minimum Gasteiger partial charge on any atom is -0.491 e. The van der Waals surface area contributed by atoms with Gasteiger partial charge in [0, 0.05) is 13.1 Å². The standard InChI is InChI=1S/C16H24N2O3/c1-11(2)21-14-6-4-13(5-7-14)10-18-8-9-20-12(3)15(18)16(17)19/h4-7,11-12,15H,8-10H2,1-3H3,(H2,17,19)/t12-,15+/m1/s1. The Bertz CT molecular complexity index is 473. The van der Waals surface area contributed by atoms with Crippen molar-refractivity contribution in [3.05, 3.63) is 29.8 Å². The van der Waals surface area contributed by atoms with E-state index in [9.17, 15) is 4.79 Å². The van der Waals surface area contributed by atoms with Crippen LogP contribution in [0.2, 0.25) is 0 Å². The smallest absolute Gasteiger partial charge is 0.237 e. The fourth-order valence-corrected chi connectivity index (χ4v) is 2.65. The van der Waals surface area contributed by atoms with Crippen LogP contribution in [0.15, 0.2) is 24.3 Å². The van der Waals surface area contributed by atoms with Crippen molar-refractivity contribution in [1.82, 2.24) is 4.90 Å². The van der Waals surface area contributed by atoms with Crippen LogP contribution in [0.4, 0.5) is 0 Å². The molecule has 2 rings (SSSR count). The Labute approximate surface area is 126 Å². The molecule has 0 unspecified atom stereocenters. The molecule has 2 atom stereocenters. The van der Waals surface area contributed by atoms with E-state index in [1.165, 1.54) is 0 Å². The highest BCUT2D eigenvalue weighted by Crippen LogP contribution is 2.19. The fraction of sp³-hybridized carbons (Fsp3) is 0.562. The normalized spacial score (nSPS) is 23.2. The number of hydrogen-bond donors (Lipinski definition) is 1. The van der Waals surface area contributed by atoms with Crippen LogP contribution in [0.5, 0.6) is 5.75 Å². The molecule has 0 aliphatic carbocycles. The third kappa shape index (κ3) is 4.19. The van der Waals surface area contributed by atoms with E-state index < -0.39 is 0 Å². The molecule has 1 heterocycles. The van der Waals surface area contributed by atoms with Crippen LogP contribution in [0.25, 0.3) is 0 Å². The van der Waals surface area contributed by atoms with Crippen LogP contribution in [-0.4, -0.2) is 42.2 Å². The molecule has 5 nitrogen and oxygen atoms in total. The van der Waals surface area contributed by atoms with Crippen LogP contribution in [0.3, 0.4) is 0 Å². The number of benzene rings is 1. The van der Waals surface area contributed by atoms with E-state index in [4.69, 9.17) is 15.2 Å². The van der Waals surface area contributed by atoms with Crippen LogP contribution in [0, 0.1) is 0 Å². The first-order valence-corrected chi connectivity index (χ1v) is 7.38. The Hall–Kier alpha value is -1.59. The molecule has 1 aliphatic rings. The van der Waals surface area contributed by atoms with Crippen molar-refractivity contribution in [2.24, 2.45) is 5.73 Å². The number of nitrogens with zero attached hydrogens (tertiary/aromatic N) is 1. The molecule has 1 aromatic rings. The van der Waals surface area contributed by atoms with Gasteiger partial charge in [-0.25, -0.2) is 0 Å². The summed E-state index contributed by atoms with van der Waals surface area (Å²) in [5.41, 5.74) is 6.63. The zero-order valence-electron chi connectivity index (χ0n) is 12.9. The van der Waals surface area contributed by atoms with Crippen LogP contribution >= 0.6 is 0 Å². The van der Waals surface area contributed by atoms with Crippen molar-refractivity contribution in [1.29, 1.82) is 0 Å². The summed E-state index contributed by atoms with van der Waals surface area (Å²) in [6, 6.07) is 7.59. The molecular formula is C16H24N2O3. The first kappa shape index (κ1) is 15.8. The van der Waals surface area contributed by atoms with Gasteiger partial charge >= 0.3 is 0 Å². The maximum absolute atomic E-state index is 11.6. The third-order valence-corrected chi connectivity index (χ3v) is 3.57. The highest BCUT2D eigenvalue weighted by Gasteiger charge is 2.33. The monoisotopic (exact) mass is 292 g/mol. The van der Waals surface area contributed by atoms with E-state index in [1.807, 2.05) is 45.0 Å². The topological polar surface area (TPSA) is 64.8 Å². The first-order valence-electron chi connectivity index (χ1n) is 7.38. The van der Waals surface area contributed by atoms with E-state index in [1.54, 1.807) is 0 Å². The quantitative estimate of drug-likeness (QED) is 0.894. The Kier molecular flexibility index (Phi) is 5.20. The number of ether oxygens (including phenoxy) is 2. The van der Waals surface area contributed by atoms with Gasteiger partial charge in [0.1, 0.15) is 11.8 Å². The minimum atomic E-state index is -0.370. The van der Waals surface area contributed by atoms with Crippen LogP contribution in [0.1, 0.15) is 26.3 Å². The van der Waals surface area contributed by atoms with Gasteiger partial charge in [0.2, 0.25) is 5.91 Å². The van der Waals surface area contributed by atoms with Gasteiger partial charge in [0.25, 0.3) is 0 Å². The molecule has 1 saturated heterocycles. The maximum Gasteiger partial charge on any atom is 0.237 e. The predicted molar refractivity (Wildman–Crippen MR) is 81.0 cm³/mol. The van der Waals surface area contributed by atoms with E-state index in [2.05, 4.69) is 4.90 Å². The van der Waals surface area contributed by atoms with Gasteiger partial charge < -0.3 is 15.2 Å². The van der Waals surface area contributed by atoms with E-state index in [0.29, 0.717) is 19.7 Å². The van der Waals surface area contributed by atoms with Crippen molar-refractivity contribution in [2.45, 2.75) is 45.6 Å². The Morgan fingerprint density at radius 2 is 2.10 bits per heavy atom. The number of nitrogens with two attached hydrogens (primary N) is 1. The molecule has 116 valence electrons. The lowest BCUT2D eigenvalue weighted by molar-refractivity contribution is -0.136. The minimum absolute atomic E-state index is 0.162. The van der Waals surface area contributed by atoms with Crippen molar-refractivity contribution in [3.8, 4) is 5.75 Å². The number of amides is 1. The number of primary amides is 1. The zero-order valence-corrected chi connectivity index (χ0v) is 12.9. The summed E-state index contributed by atoms with van der Waals surface area (Å²) in [7, 11) is 0. The second-order valence-electron chi connectivity index (χ2n) is 5.70. The summed E-state index contributed by atoms with van der Waals surface area (Å²) in [6.45, 7) is 7.91. The lowest BCUT2D eigenvalue weighted by Gasteiger charge is -2.37. The fourth-order valence-electron chi connectivity index (χ4n) is 2.65. The lowest BCUT2D eigenvalue weighted by atomic mass is 10.1. The number of hydrogen-bond acceptors (Lipinski definition) is 4. The Morgan fingerprint density at radius 3 is 2.67 bits per heavy atom. The summed E-state index contributed by atoms with van der Waals surface area (Å²) >= 11 is 0. The zero-order chi connectivity index (χ0) is 15.4. The molecule has 1 aromatic carbocycles. The summed E-state index contributed by atoms with van der Waals surface area (Å²) in [6.07, 6.45) is -0.00465. The van der Waals surface area contributed by atoms with Gasteiger partial charge in [-0.05, 0) is 38.5 Å². The average Bonchev–Trinajstić information content (AvgIpc) is 2.40. The summed E-state index contributed by atoms with van der Waals surface area (Å²) < 4.78 is 11.1. The Morgan fingerprint density at radius 1 is 1.43 bits per heavy atom. The summed E-state index contributed by atoms with van der Waals surface area (Å²) in [5, 5.41) is 0. The van der Waals surface area contributed by atoms with Crippen LogP contribution < -0.4 is 10.5 Å². The third-order valence-electron chi connectivity index (χ3n) is 3.57. The van der Waals surface area contributed by atoms with E-state index in [0.717, 1.165) is 11.3 Å². The van der Waals surface area contributed by atoms with Crippen LogP contribution in [-0.2, 0) is 16.1 Å². The van der Waals surface area contributed by atoms with Gasteiger partial charge in [0.05, 0.1) is 18.8 Å². The summed E-state index contributed by atoms with van der Waals surface area (Å²) in [5.74, 6) is 0.525. The molecule has 1 fully saturated rings. The molecule has 1 amide bonds. The van der Waals surface area contributed by atoms with Gasteiger partial charge in [-0.1, -0.05) is 12.1 Å². The van der Waals surface area contributed by atoms with Crippen molar-refractivity contribution >= 4 is 5.91 Å². The molecule has 0 spiro atoms. The Balaban J connectivity index is 2.04. The summed E-state index contributed by atoms with van der Waals surface area (Å²) in [4.78, 5) is 13.7. The molecule has 0 bridgehead atoms. The van der Waals surface area contributed by atoms with Gasteiger partial charge in [-0.3, -0.25) is 9.69 Å². The highest BCUT2D eigenvalue weighted by atomic mass is 16.5. The number of carbonyl (C=O) groups is 1. The van der Waals surface area contributed by atoms with Crippen molar-refractivity contribution in [3.63, 3.8) is 0 Å². The number of morpholine rings is 1. The van der Waals surface area contributed by atoms with E-state index >= 15 is 0 Å². The van der Waals surface area contributed by atoms with E-state index in [-0.39, 0.29) is 24.2 Å². The maximum atomic E-state index is 11.6. The molecule has 1 aliphatic heterocycles.